The molecule has 36 heavy (non-hydrogen) atoms. The average Bonchev–Trinajstić information content (AvgIpc) is 3.46. The number of amidine groups is 1. The normalized spacial score (nSPS) is 21.8. The summed E-state index contributed by atoms with van der Waals surface area (Å²) in [6.07, 6.45) is 7.11. The summed E-state index contributed by atoms with van der Waals surface area (Å²) in [6, 6.07) is 18.1. The van der Waals surface area contributed by atoms with Crippen LogP contribution in [0.3, 0.4) is 0 Å². The molecule has 0 radical (unpaired) electrons. The molecule has 1 unspecified atom stereocenters. The number of anilines is 1. The quantitative estimate of drug-likeness (QED) is 0.437. The molecule has 0 spiro atoms. The van der Waals surface area contributed by atoms with E-state index in [0.29, 0.717) is 13.1 Å². The van der Waals surface area contributed by atoms with Crippen molar-refractivity contribution in [1.29, 1.82) is 0 Å². The number of carbonyl (C=O) groups is 1. The summed E-state index contributed by atoms with van der Waals surface area (Å²) in [5.74, 6) is 7.98. The van der Waals surface area contributed by atoms with Gasteiger partial charge in [0.1, 0.15) is 17.6 Å². The van der Waals surface area contributed by atoms with Crippen LogP contribution in [-0.4, -0.2) is 59.6 Å². The number of nitrogens with zero attached hydrogens (tertiary/aromatic N) is 5. The molecule has 1 amide bonds. The van der Waals surface area contributed by atoms with E-state index in [1.807, 2.05) is 72.7 Å². The number of benzene rings is 2. The highest BCUT2D eigenvalue weighted by Gasteiger charge is 2.46. The van der Waals surface area contributed by atoms with Crippen LogP contribution in [0.15, 0.2) is 88.4 Å². The highest BCUT2D eigenvalue weighted by Crippen LogP contribution is 2.38. The summed E-state index contributed by atoms with van der Waals surface area (Å²) in [4.78, 5) is 30.1. The Bertz CT molecular complexity index is 1420. The third kappa shape index (κ3) is 3.66. The summed E-state index contributed by atoms with van der Waals surface area (Å²) in [5.41, 5.74) is 5.63. The monoisotopic (exact) mass is 480 g/mol. The number of para-hydroxylation sites is 1. The second-order valence-corrected chi connectivity index (χ2v) is 9.84. The zero-order chi connectivity index (χ0) is 24.9. The molecule has 1 atom stereocenters. The van der Waals surface area contributed by atoms with Crippen LogP contribution in [0.2, 0.25) is 0 Å². The summed E-state index contributed by atoms with van der Waals surface area (Å²) >= 11 is 0. The number of aliphatic imine (C=N–C) groups is 2. The van der Waals surface area contributed by atoms with Crippen molar-refractivity contribution in [1.82, 2.24) is 9.88 Å². The smallest absolute Gasteiger partial charge is 0.281 e. The van der Waals surface area contributed by atoms with Crippen molar-refractivity contribution in [3.63, 3.8) is 0 Å². The maximum atomic E-state index is 13.1. The Balaban J connectivity index is 1.24. The third-order valence-corrected chi connectivity index (χ3v) is 7.39. The molecule has 3 aliphatic rings. The predicted octanol–water partition coefficient (Wildman–Crippen LogP) is 4.00. The molecule has 8 heteroatoms. The van der Waals surface area contributed by atoms with Gasteiger partial charge in [0.05, 0.1) is 12.4 Å². The molecule has 1 aromatic heterocycles. The van der Waals surface area contributed by atoms with Crippen molar-refractivity contribution < 1.29 is 9.39 Å². The number of H-pyrrole nitrogens is 1. The Kier molecular flexibility index (Phi) is 5.35. The molecule has 1 saturated heterocycles. The highest BCUT2D eigenvalue weighted by atomic mass is 16.2. The van der Waals surface area contributed by atoms with E-state index in [4.69, 9.17) is 10.8 Å². The van der Waals surface area contributed by atoms with E-state index < -0.39 is 0 Å². The number of aromatic amines is 1. The van der Waals surface area contributed by atoms with Gasteiger partial charge in [-0.25, -0.2) is 0 Å². The van der Waals surface area contributed by atoms with Gasteiger partial charge in [0, 0.05) is 55.3 Å². The fourth-order valence-electron chi connectivity index (χ4n) is 5.32. The zero-order valence-corrected chi connectivity index (χ0v) is 20.6. The number of carbonyl (C=O) groups excluding carboxylic acids is 1. The zero-order valence-electron chi connectivity index (χ0n) is 20.6. The van der Waals surface area contributed by atoms with E-state index in [-0.39, 0.29) is 16.4 Å². The number of hydrogen-bond acceptors (Lipinski definition) is 5. The summed E-state index contributed by atoms with van der Waals surface area (Å²) in [5, 5.41) is 1.12. The van der Waals surface area contributed by atoms with Crippen LogP contribution in [0.5, 0.6) is 0 Å². The SMILES string of the molecule is CN(C)c1ccc(C(=O)N2CCC(C3=C4C=NC=C[N+]4(N)C(c4cc5ccccc5[nH]4)=N3)CC2)cc1. The lowest BCUT2D eigenvalue weighted by atomic mass is 9.92. The number of piperidine rings is 1. The molecular weight excluding hydrogens is 450 g/mol. The van der Waals surface area contributed by atoms with Gasteiger partial charge < -0.3 is 14.8 Å². The first kappa shape index (κ1) is 22.5. The van der Waals surface area contributed by atoms with E-state index in [0.717, 1.165) is 57.9 Å². The van der Waals surface area contributed by atoms with E-state index in [2.05, 4.69) is 28.2 Å². The second kappa shape index (κ2) is 8.58. The van der Waals surface area contributed by atoms with Gasteiger partial charge in [-0.3, -0.25) is 9.79 Å². The Hall–Kier alpha value is -4.01. The van der Waals surface area contributed by atoms with E-state index in [1.54, 1.807) is 6.20 Å². The first-order chi connectivity index (χ1) is 17.4. The molecule has 3 aliphatic heterocycles. The van der Waals surface area contributed by atoms with Crippen molar-refractivity contribution in [3.05, 3.63) is 89.6 Å². The van der Waals surface area contributed by atoms with Crippen molar-refractivity contribution >= 4 is 34.5 Å². The van der Waals surface area contributed by atoms with Crippen LogP contribution in [-0.2, 0) is 0 Å². The van der Waals surface area contributed by atoms with Crippen LogP contribution >= 0.6 is 0 Å². The first-order valence-electron chi connectivity index (χ1n) is 12.3. The van der Waals surface area contributed by atoms with E-state index >= 15 is 0 Å². The molecule has 4 heterocycles. The number of likely N-dealkylation sites (tertiary alicyclic amines) is 1. The predicted molar refractivity (Wildman–Crippen MR) is 143 cm³/mol. The summed E-state index contributed by atoms with van der Waals surface area (Å²) < 4.78 is 0.00300. The number of quaternary nitrogens is 1. The van der Waals surface area contributed by atoms with E-state index in [9.17, 15) is 4.79 Å². The molecule has 0 saturated carbocycles. The molecule has 8 nitrogen and oxygen atoms in total. The van der Waals surface area contributed by atoms with Gasteiger partial charge in [-0.1, -0.05) is 18.2 Å². The molecule has 2 aromatic carbocycles. The maximum Gasteiger partial charge on any atom is 0.281 e. The Morgan fingerprint density at radius 2 is 1.86 bits per heavy atom. The number of fused-ring (bicyclic) bond motifs is 2. The number of hydrogen-bond donors (Lipinski definition) is 2. The topological polar surface area (TPSA) is 90.1 Å². The third-order valence-electron chi connectivity index (χ3n) is 7.39. The highest BCUT2D eigenvalue weighted by molar-refractivity contribution is 6.02. The van der Waals surface area contributed by atoms with Crippen LogP contribution in [0.4, 0.5) is 5.69 Å². The van der Waals surface area contributed by atoms with Gasteiger partial charge in [0.2, 0.25) is 5.70 Å². The Morgan fingerprint density at radius 1 is 1.11 bits per heavy atom. The molecule has 182 valence electrons. The van der Waals surface area contributed by atoms with Gasteiger partial charge in [-0.2, -0.15) is 10.8 Å². The fraction of sp³-hybridized carbons (Fsp3) is 0.250. The molecule has 0 aliphatic carbocycles. The molecular formula is C28H30N7O+. The lowest BCUT2D eigenvalue weighted by Crippen LogP contribution is -2.53. The minimum atomic E-state index is 0.00300. The molecule has 3 aromatic rings. The number of nitrogens with two attached hydrogens (primary N) is 1. The lowest BCUT2D eigenvalue weighted by Gasteiger charge is -2.32. The van der Waals surface area contributed by atoms with Crippen LogP contribution < -0.4 is 10.7 Å². The Labute approximate surface area is 210 Å². The molecule has 1 fully saturated rings. The minimum absolute atomic E-state index is 0.00300. The number of nitrogens with one attached hydrogen (secondary N) is 1. The van der Waals surface area contributed by atoms with Crippen molar-refractivity contribution in [2.45, 2.75) is 12.8 Å². The first-order valence-corrected chi connectivity index (χ1v) is 12.3. The van der Waals surface area contributed by atoms with Crippen molar-refractivity contribution in [2.75, 3.05) is 32.1 Å². The fourth-order valence-corrected chi connectivity index (χ4v) is 5.32. The molecule has 0 bridgehead atoms. The standard InChI is InChI=1S/C28H30N7O/c1-33(2)22-9-7-20(8-10-22)28(36)34-14-11-19(12-15-34)26-25-18-30-13-16-35(25,29)27(32-26)24-17-21-5-3-4-6-23(21)31-24/h3-10,13,16-19,31H,11-12,14-15,29H2,1-2H3/q+1. The van der Waals surface area contributed by atoms with Crippen molar-refractivity contribution in [2.24, 2.45) is 21.7 Å². The number of aromatic nitrogens is 1. The number of allylic oxidation sites excluding steroid dienone is 2. The van der Waals surface area contributed by atoms with Gasteiger partial charge in [0.25, 0.3) is 11.7 Å². The maximum absolute atomic E-state index is 13.1. The van der Waals surface area contributed by atoms with Crippen LogP contribution in [0, 0.1) is 5.92 Å². The average molecular weight is 481 g/mol. The second-order valence-electron chi connectivity index (χ2n) is 9.84. The Morgan fingerprint density at radius 3 is 2.58 bits per heavy atom. The molecule has 3 N–H and O–H groups in total. The van der Waals surface area contributed by atoms with Crippen LogP contribution in [0.1, 0.15) is 28.9 Å². The van der Waals surface area contributed by atoms with Gasteiger partial charge >= 0.3 is 0 Å². The number of amides is 1. The van der Waals surface area contributed by atoms with E-state index in [1.165, 1.54) is 0 Å². The van der Waals surface area contributed by atoms with Crippen molar-refractivity contribution in [3.8, 4) is 0 Å². The summed E-state index contributed by atoms with van der Waals surface area (Å²) in [6.45, 7) is 1.37. The summed E-state index contributed by atoms with van der Waals surface area (Å²) in [7, 11) is 3.99. The van der Waals surface area contributed by atoms with Gasteiger partial charge in [0.15, 0.2) is 0 Å². The molecule has 6 rings (SSSR count). The number of rotatable bonds is 4. The lowest BCUT2D eigenvalue weighted by molar-refractivity contribution is -0.750. The minimum Gasteiger partial charge on any atom is -0.378 e. The van der Waals surface area contributed by atoms with Gasteiger partial charge in [-0.15, -0.1) is 4.59 Å². The van der Waals surface area contributed by atoms with Crippen LogP contribution in [0.25, 0.3) is 10.9 Å². The largest absolute Gasteiger partial charge is 0.378 e. The van der Waals surface area contributed by atoms with Gasteiger partial charge in [-0.05, 0) is 49.2 Å².